The fraction of sp³-hybridized carbons (Fsp3) is 0.438. The zero-order valence-corrected chi connectivity index (χ0v) is 14.0. The van der Waals surface area contributed by atoms with Crippen molar-refractivity contribution in [3.8, 4) is 5.69 Å². The highest BCUT2D eigenvalue weighted by molar-refractivity contribution is 7.88. The summed E-state index contributed by atoms with van der Waals surface area (Å²) in [6, 6.07) is 10.3. The van der Waals surface area contributed by atoms with E-state index in [4.69, 9.17) is 0 Å². The Bertz CT molecular complexity index is 743. The topological polar surface area (TPSA) is 67.2 Å². The number of nitrogens with one attached hydrogen (secondary N) is 1. The van der Waals surface area contributed by atoms with Crippen LogP contribution in [0.2, 0.25) is 0 Å². The molecule has 6 nitrogen and oxygen atoms in total. The molecule has 1 aromatic heterocycles. The Kier molecular flexibility index (Phi) is 4.79. The average Bonchev–Trinajstić information content (AvgIpc) is 3.07. The van der Waals surface area contributed by atoms with Gasteiger partial charge in [0.1, 0.15) is 0 Å². The molecule has 1 fully saturated rings. The number of hydrogen-bond acceptors (Lipinski definition) is 4. The molecule has 0 amide bonds. The number of rotatable bonds is 5. The van der Waals surface area contributed by atoms with Gasteiger partial charge in [0.2, 0.25) is 10.0 Å². The summed E-state index contributed by atoms with van der Waals surface area (Å²) in [5, 5.41) is 7.71. The molecular formula is C16H22N4O2S. The lowest BCUT2D eigenvalue weighted by atomic mass is 10.1. The number of aromatic nitrogens is 2. The van der Waals surface area contributed by atoms with Gasteiger partial charge in [-0.3, -0.25) is 0 Å². The van der Waals surface area contributed by atoms with Gasteiger partial charge >= 0.3 is 0 Å². The summed E-state index contributed by atoms with van der Waals surface area (Å²) in [5.41, 5.74) is 2.19. The molecule has 1 aromatic carbocycles. The molecule has 1 N–H and O–H groups in total. The standard InChI is InChI=1S/C16H22N4O2S/c1-23(21,22)19-9-3-6-15(13-19)17-12-14-5-2-7-16(11-14)20-10-4-8-18-20/h2,4-5,7-8,10-11,15,17H,3,6,9,12-13H2,1H3. The third-order valence-corrected chi connectivity index (χ3v) is 5.40. The lowest BCUT2D eigenvalue weighted by Gasteiger charge is -2.31. The quantitative estimate of drug-likeness (QED) is 0.897. The minimum Gasteiger partial charge on any atom is -0.309 e. The van der Waals surface area contributed by atoms with Gasteiger partial charge in [0, 0.05) is 38.1 Å². The van der Waals surface area contributed by atoms with Crippen molar-refractivity contribution < 1.29 is 8.42 Å². The van der Waals surface area contributed by atoms with Crippen LogP contribution in [0.3, 0.4) is 0 Å². The normalized spacial score (nSPS) is 19.8. The summed E-state index contributed by atoms with van der Waals surface area (Å²) in [7, 11) is -3.10. The molecule has 2 aromatic rings. The molecule has 1 saturated heterocycles. The summed E-state index contributed by atoms with van der Waals surface area (Å²) in [5.74, 6) is 0. The van der Waals surface area contributed by atoms with Crippen molar-refractivity contribution in [2.45, 2.75) is 25.4 Å². The lowest BCUT2D eigenvalue weighted by molar-refractivity contribution is 0.284. The van der Waals surface area contributed by atoms with E-state index in [1.807, 2.05) is 29.1 Å². The van der Waals surface area contributed by atoms with Gasteiger partial charge in [0.25, 0.3) is 0 Å². The smallest absolute Gasteiger partial charge is 0.211 e. The molecule has 0 radical (unpaired) electrons. The van der Waals surface area contributed by atoms with Crippen LogP contribution in [0, 0.1) is 0 Å². The van der Waals surface area contributed by atoms with Crippen LogP contribution in [0.4, 0.5) is 0 Å². The van der Waals surface area contributed by atoms with Crippen LogP contribution < -0.4 is 5.32 Å². The van der Waals surface area contributed by atoms with Gasteiger partial charge in [-0.1, -0.05) is 12.1 Å². The molecule has 2 heterocycles. The van der Waals surface area contributed by atoms with Gasteiger partial charge in [-0.05, 0) is 36.6 Å². The maximum Gasteiger partial charge on any atom is 0.211 e. The fourth-order valence-corrected chi connectivity index (χ4v) is 3.81. The van der Waals surface area contributed by atoms with Crippen LogP contribution in [0.25, 0.3) is 5.69 Å². The Morgan fingerprint density at radius 1 is 1.35 bits per heavy atom. The first kappa shape index (κ1) is 16.2. The summed E-state index contributed by atoms with van der Waals surface area (Å²) >= 11 is 0. The molecule has 1 atom stereocenters. The largest absolute Gasteiger partial charge is 0.309 e. The first-order valence-corrected chi connectivity index (χ1v) is 9.65. The van der Waals surface area contributed by atoms with Crippen molar-refractivity contribution in [2.75, 3.05) is 19.3 Å². The Morgan fingerprint density at radius 2 is 2.22 bits per heavy atom. The highest BCUT2D eigenvalue weighted by Crippen LogP contribution is 2.14. The van der Waals surface area contributed by atoms with E-state index in [2.05, 4.69) is 22.5 Å². The minimum atomic E-state index is -3.10. The summed E-state index contributed by atoms with van der Waals surface area (Å²) < 4.78 is 26.7. The summed E-state index contributed by atoms with van der Waals surface area (Å²) in [6.07, 6.45) is 6.86. The van der Waals surface area contributed by atoms with Crippen molar-refractivity contribution in [2.24, 2.45) is 0 Å². The number of sulfonamides is 1. The first-order chi connectivity index (χ1) is 11.0. The predicted molar refractivity (Wildman–Crippen MR) is 89.8 cm³/mol. The Hall–Kier alpha value is -1.70. The lowest BCUT2D eigenvalue weighted by Crippen LogP contribution is -2.47. The van der Waals surface area contributed by atoms with E-state index in [1.165, 1.54) is 6.26 Å². The molecule has 0 spiro atoms. The van der Waals surface area contributed by atoms with Crippen molar-refractivity contribution in [1.29, 1.82) is 0 Å². The zero-order chi connectivity index (χ0) is 16.3. The highest BCUT2D eigenvalue weighted by atomic mass is 32.2. The summed E-state index contributed by atoms with van der Waals surface area (Å²) in [4.78, 5) is 0. The number of piperidine rings is 1. The fourth-order valence-electron chi connectivity index (χ4n) is 2.90. The van der Waals surface area contributed by atoms with E-state index >= 15 is 0 Å². The first-order valence-electron chi connectivity index (χ1n) is 7.80. The van der Waals surface area contributed by atoms with E-state index in [9.17, 15) is 8.42 Å². The van der Waals surface area contributed by atoms with Crippen molar-refractivity contribution in [3.05, 3.63) is 48.3 Å². The van der Waals surface area contributed by atoms with Gasteiger partial charge < -0.3 is 5.32 Å². The maximum atomic E-state index is 11.7. The molecule has 23 heavy (non-hydrogen) atoms. The van der Waals surface area contributed by atoms with Crippen LogP contribution in [-0.4, -0.2) is 47.9 Å². The van der Waals surface area contributed by atoms with E-state index in [1.54, 1.807) is 10.5 Å². The van der Waals surface area contributed by atoms with E-state index in [0.29, 0.717) is 13.1 Å². The van der Waals surface area contributed by atoms with Crippen molar-refractivity contribution in [3.63, 3.8) is 0 Å². The van der Waals surface area contributed by atoms with Crippen LogP contribution in [0.15, 0.2) is 42.7 Å². The van der Waals surface area contributed by atoms with E-state index in [-0.39, 0.29) is 6.04 Å². The van der Waals surface area contributed by atoms with Crippen LogP contribution in [0.5, 0.6) is 0 Å². The van der Waals surface area contributed by atoms with Gasteiger partial charge in [-0.2, -0.15) is 5.10 Å². The highest BCUT2D eigenvalue weighted by Gasteiger charge is 2.25. The number of nitrogens with zero attached hydrogens (tertiary/aromatic N) is 3. The third-order valence-electron chi connectivity index (χ3n) is 4.13. The van der Waals surface area contributed by atoms with Gasteiger partial charge in [-0.15, -0.1) is 0 Å². The van der Waals surface area contributed by atoms with Crippen LogP contribution >= 0.6 is 0 Å². The third kappa shape index (κ3) is 4.19. The molecular weight excluding hydrogens is 312 g/mol. The van der Waals surface area contributed by atoms with Crippen LogP contribution in [0.1, 0.15) is 18.4 Å². The SMILES string of the molecule is CS(=O)(=O)N1CCCC(NCc2cccc(-n3cccn3)c2)C1. The van der Waals surface area contributed by atoms with Gasteiger partial charge in [0.05, 0.1) is 11.9 Å². The molecule has 0 saturated carbocycles. The molecule has 124 valence electrons. The molecule has 1 aliphatic heterocycles. The maximum absolute atomic E-state index is 11.7. The number of benzene rings is 1. The molecule has 0 aliphatic carbocycles. The zero-order valence-electron chi connectivity index (χ0n) is 13.2. The van der Waals surface area contributed by atoms with E-state index in [0.717, 1.165) is 30.6 Å². The van der Waals surface area contributed by atoms with Gasteiger partial charge in [0.15, 0.2) is 0 Å². The molecule has 7 heteroatoms. The molecule has 1 aliphatic rings. The second-order valence-electron chi connectivity index (χ2n) is 5.96. The van der Waals surface area contributed by atoms with Crippen molar-refractivity contribution in [1.82, 2.24) is 19.4 Å². The summed E-state index contributed by atoms with van der Waals surface area (Å²) in [6.45, 7) is 1.90. The average molecular weight is 334 g/mol. The van der Waals surface area contributed by atoms with Crippen molar-refractivity contribution >= 4 is 10.0 Å². The monoisotopic (exact) mass is 334 g/mol. The number of hydrogen-bond donors (Lipinski definition) is 1. The van der Waals surface area contributed by atoms with Gasteiger partial charge in [-0.25, -0.2) is 17.4 Å². The Labute approximate surface area is 137 Å². The van der Waals surface area contributed by atoms with Crippen LogP contribution in [-0.2, 0) is 16.6 Å². The second-order valence-corrected chi connectivity index (χ2v) is 7.94. The van der Waals surface area contributed by atoms with E-state index < -0.39 is 10.0 Å². The predicted octanol–water partition coefficient (Wildman–Crippen LogP) is 1.39. The molecule has 3 rings (SSSR count). The molecule has 1 unspecified atom stereocenters. The molecule has 0 bridgehead atoms. The Morgan fingerprint density at radius 3 is 2.96 bits per heavy atom. The Balaban J connectivity index is 1.61. The minimum absolute atomic E-state index is 0.201. The second kappa shape index (κ2) is 6.82.